The fourth-order valence-corrected chi connectivity index (χ4v) is 3.35. The number of hydrogen-bond acceptors (Lipinski definition) is 6. The van der Waals surface area contributed by atoms with E-state index in [-0.39, 0.29) is 23.1 Å². The topological polar surface area (TPSA) is 118 Å². The van der Waals surface area contributed by atoms with Crippen molar-refractivity contribution < 1.29 is 14.0 Å². The molecule has 1 aliphatic rings. The number of nitrogens with one attached hydrogen (secondary N) is 3. The summed E-state index contributed by atoms with van der Waals surface area (Å²) >= 11 is 0. The summed E-state index contributed by atoms with van der Waals surface area (Å²) in [6, 6.07) is 9.60. The summed E-state index contributed by atoms with van der Waals surface area (Å²) in [4.78, 5) is 37.0. The van der Waals surface area contributed by atoms with Crippen LogP contribution in [0.1, 0.15) is 42.3 Å². The third-order valence-electron chi connectivity index (χ3n) is 4.82. The van der Waals surface area contributed by atoms with Crippen LogP contribution in [-0.4, -0.2) is 27.6 Å². The molecule has 2 amide bonds. The summed E-state index contributed by atoms with van der Waals surface area (Å²) in [6.07, 6.45) is 0.583. The van der Waals surface area contributed by atoms with Gasteiger partial charge in [0.1, 0.15) is 11.4 Å². The Balaban J connectivity index is 1.63. The first-order valence-electron chi connectivity index (χ1n) is 9.40. The van der Waals surface area contributed by atoms with Crippen LogP contribution in [0.5, 0.6) is 0 Å². The van der Waals surface area contributed by atoms with E-state index >= 15 is 0 Å². The molecule has 0 bridgehead atoms. The molecule has 150 valence electrons. The van der Waals surface area contributed by atoms with Crippen LogP contribution in [0.4, 0.5) is 5.82 Å². The maximum absolute atomic E-state index is 12.7. The molecule has 1 fully saturated rings. The number of carbonyl (C=O) groups excluding carboxylic acids is 2. The van der Waals surface area contributed by atoms with Crippen LogP contribution in [0.3, 0.4) is 0 Å². The van der Waals surface area contributed by atoms with Gasteiger partial charge in [-0.3, -0.25) is 19.7 Å². The first-order chi connectivity index (χ1) is 13.9. The molecule has 29 heavy (non-hydrogen) atoms. The Labute approximate surface area is 166 Å². The van der Waals surface area contributed by atoms with Gasteiger partial charge in [0.05, 0.1) is 11.1 Å². The number of para-hydroxylation sites is 1. The second-order valence-electron chi connectivity index (χ2n) is 6.99. The summed E-state index contributed by atoms with van der Waals surface area (Å²) in [6.45, 7) is 3.77. The lowest BCUT2D eigenvalue weighted by molar-refractivity contribution is -0.125. The van der Waals surface area contributed by atoms with E-state index in [1.807, 2.05) is 6.92 Å². The van der Waals surface area contributed by atoms with Gasteiger partial charge in [0.25, 0.3) is 5.91 Å². The molecule has 0 radical (unpaired) electrons. The highest BCUT2D eigenvalue weighted by molar-refractivity contribution is 6.02. The van der Waals surface area contributed by atoms with Crippen LogP contribution in [-0.2, 0) is 4.79 Å². The number of amides is 2. The quantitative estimate of drug-likeness (QED) is 0.621. The molecule has 2 unspecified atom stereocenters. The molecule has 0 spiro atoms. The van der Waals surface area contributed by atoms with Crippen molar-refractivity contribution in [2.75, 3.05) is 5.32 Å². The van der Waals surface area contributed by atoms with Crippen molar-refractivity contribution in [3.05, 3.63) is 58.1 Å². The number of benzene rings is 1. The van der Waals surface area contributed by atoms with E-state index in [1.165, 1.54) is 10.7 Å². The van der Waals surface area contributed by atoms with E-state index in [1.54, 1.807) is 37.3 Å². The molecule has 4 rings (SSSR count). The molecule has 0 saturated carbocycles. The summed E-state index contributed by atoms with van der Waals surface area (Å²) in [5.41, 5.74) is 0.699. The number of fused-ring (bicyclic) bond motifs is 1. The van der Waals surface area contributed by atoms with Crippen LogP contribution < -0.4 is 21.4 Å². The Bertz CT molecular complexity index is 1150. The molecule has 9 heteroatoms. The standard InChI is InChI=1S/C20H21N5O4/c1-3-12-9-18(27)23-20(21-12)25-17(8-11(2)24-25)22-19(28)16-10-14(26)13-6-4-5-7-15(13)29-16/h4-8,10,12,20-21H,3,9H2,1-2H3,(H,22,28)(H,23,27). The molecule has 3 aromatic rings. The van der Waals surface area contributed by atoms with Gasteiger partial charge in [0.15, 0.2) is 17.5 Å². The number of aromatic nitrogens is 2. The number of hydrogen-bond donors (Lipinski definition) is 3. The minimum Gasteiger partial charge on any atom is -0.451 e. The van der Waals surface area contributed by atoms with Gasteiger partial charge in [-0.1, -0.05) is 19.1 Å². The second kappa shape index (κ2) is 7.51. The summed E-state index contributed by atoms with van der Waals surface area (Å²) in [7, 11) is 0. The summed E-state index contributed by atoms with van der Waals surface area (Å²) < 4.78 is 7.10. The van der Waals surface area contributed by atoms with Crippen molar-refractivity contribution in [1.29, 1.82) is 0 Å². The molecule has 9 nitrogen and oxygen atoms in total. The van der Waals surface area contributed by atoms with Gasteiger partial charge in [-0.25, -0.2) is 4.68 Å². The first kappa shape index (κ1) is 18.9. The molecule has 2 aromatic heterocycles. The molecule has 3 N–H and O–H groups in total. The van der Waals surface area contributed by atoms with Crippen molar-refractivity contribution >= 4 is 28.6 Å². The van der Waals surface area contributed by atoms with Gasteiger partial charge in [0.2, 0.25) is 5.91 Å². The summed E-state index contributed by atoms with van der Waals surface area (Å²) in [5, 5.41) is 13.6. The van der Waals surface area contributed by atoms with Crippen LogP contribution in [0.15, 0.2) is 45.6 Å². The Morgan fingerprint density at radius 2 is 2.10 bits per heavy atom. The highest BCUT2D eigenvalue weighted by atomic mass is 16.3. The van der Waals surface area contributed by atoms with Gasteiger partial charge >= 0.3 is 0 Å². The highest BCUT2D eigenvalue weighted by Crippen LogP contribution is 2.19. The Morgan fingerprint density at radius 3 is 2.90 bits per heavy atom. The zero-order valence-corrected chi connectivity index (χ0v) is 16.1. The monoisotopic (exact) mass is 395 g/mol. The van der Waals surface area contributed by atoms with Crippen LogP contribution >= 0.6 is 0 Å². The maximum Gasteiger partial charge on any atom is 0.292 e. The van der Waals surface area contributed by atoms with Gasteiger partial charge in [0, 0.05) is 24.6 Å². The lowest BCUT2D eigenvalue weighted by Crippen LogP contribution is -2.53. The minimum atomic E-state index is -0.589. The fraction of sp³-hybridized carbons (Fsp3) is 0.300. The fourth-order valence-electron chi connectivity index (χ4n) is 3.35. The second-order valence-corrected chi connectivity index (χ2v) is 6.99. The number of carbonyl (C=O) groups is 2. The van der Waals surface area contributed by atoms with Crippen molar-refractivity contribution in [2.24, 2.45) is 0 Å². The van der Waals surface area contributed by atoms with Gasteiger partial charge in [-0.05, 0) is 25.5 Å². The average molecular weight is 395 g/mol. The van der Waals surface area contributed by atoms with E-state index in [0.717, 1.165) is 6.42 Å². The highest BCUT2D eigenvalue weighted by Gasteiger charge is 2.28. The number of aryl methyl sites for hydroxylation is 1. The molecule has 1 aliphatic heterocycles. The molecule has 0 aliphatic carbocycles. The van der Waals surface area contributed by atoms with E-state index < -0.39 is 12.2 Å². The number of nitrogens with zero attached hydrogens (tertiary/aromatic N) is 2. The molecule has 3 heterocycles. The van der Waals surface area contributed by atoms with Crippen molar-refractivity contribution in [3.63, 3.8) is 0 Å². The van der Waals surface area contributed by atoms with E-state index in [4.69, 9.17) is 4.42 Å². The number of rotatable bonds is 4. The van der Waals surface area contributed by atoms with Gasteiger partial charge < -0.3 is 15.1 Å². The van der Waals surface area contributed by atoms with E-state index in [2.05, 4.69) is 21.0 Å². The van der Waals surface area contributed by atoms with Gasteiger partial charge in [-0.15, -0.1) is 0 Å². The van der Waals surface area contributed by atoms with Crippen molar-refractivity contribution in [2.45, 2.75) is 39.0 Å². The molecule has 1 saturated heterocycles. The largest absolute Gasteiger partial charge is 0.451 e. The lowest BCUT2D eigenvalue weighted by atomic mass is 10.1. The Hall–Kier alpha value is -3.46. The predicted octanol–water partition coefficient (Wildman–Crippen LogP) is 1.89. The van der Waals surface area contributed by atoms with Gasteiger partial charge in [-0.2, -0.15) is 5.10 Å². The molecular weight excluding hydrogens is 374 g/mol. The van der Waals surface area contributed by atoms with Crippen LogP contribution in [0.25, 0.3) is 11.0 Å². The Kier molecular flexibility index (Phi) is 4.89. The summed E-state index contributed by atoms with van der Waals surface area (Å²) in [5.74, 6) is -0.404. The maximum atomic E-state index is 12.7. The predicted molar refractivity (Wildman–Crippen MR) is 106 cm³/mol. The molecule has 1 aromatic carbocycles. The van der Waals surface area contributed by atoms with Crippen molar-refractivity contribution in [1.82, 2.24) is 20.4 Å². The Morgan fingerprint density at radius 1 is 1.31 bits per heavy atom. The van der Waals surface area contributed by atoms with Crippen LogP contribution in [0.2, 0.25) is 0 Å². The zero-order chi connectivity index (χ0) is 20.5. The number of anilines is 1. The smallest absolute Gasteiger partial charge is 0.292 e. The molecule has 2 atom stereocenters. The normalized spacial score (nSPS) is 19.2. The van der Waals surface area contributed by atoms with Crippen LogP contribution in [0, 0.1) is 6.92 Å². The van der Waals surface area contributed by atoms with Crippen molar-refractivity contribution in [3.8, 4) is 0 Å². The van der Waals surface area contributed by atoms with E-state index in [0.29, 0.717) is 28.9 Å². The third kappa shape index (κ3) is 3.77. The lowest BCUT2D eigenvalue weighted by Gasteiger charge is -2.31. The minimum absolute atomic E-state index is 0.0142. The average Bonchev–Trinajstić information content (AvgIpc) is 3.07. The van der Waals surface area contributed by atoms with E-state index in [9.17, 15) is 14.4 Å². The molecular formula is C20H21N5O4. The SMILES string of the molecule is CCC1CC(=O)NC(n2nc(C)cc2NC(=O)c2cc(=O)c3ccccc3o2)N1. The zero-order valence-electron chi connectivity index (χ0n) is 16.1. The first-order valence-corrected chi connectivity index (χ1v) is 9.40. The third-order valence-corrected chi connectivity index (χ3v) is 4.82.